The third kappa shape index (κ3) is 4.93. The molecule has 7 aromatic carbocycles. The molecule has 0 spiro atoms. The minimum absolute atomic E-state index is 0.0229. The number of para-hydroxylation sites is 2. The summed E-state index contributed by atoms with van der Waals surface area (Å²) in [5.74, 6) is 0. The van der Waals surface area contributed by atoms with E-state index in [1.54, 1.807) is 0 Å². The van der Waals surface area contributed by atoms with E-state index in [9.17, 15) is 0 Å². The van der Waals surface area contributed by atoms with Crippen molar-refractivity contribution in [1.82, 2.24) is 4.57 Å². The lowest BCUT2D eigenvalue weighted by molar-refractivity contribution is 0.195. The number of hydrogen-bond acceptors (Lipinski definition) is 3. The molecule has 9 aromatic rings. The van der Waals surface area contributed by atoms with Gasteiger partial charge in [-0.05, 0) is 117 Å². The van der Waals surface area contributed by atoms with Crippen LogP contribution in [-0.4, -0.2) is 16.8 Å². The molecule has 0 bridgehead atoms. The van der Waals surface area contributed by atoms with Gasteiger partial charge in [0.15, 0.2) is 0 Å². The smallest absolute Gasteiger partial charge is 0.252 e. The van der Waals surface area contributed by atoms with E-state index in [1.807, 2.05) is 0 Å². The van der Waals surface area contributed by atoms with E-state index in [0.29, 0.717) is 0 Å². The molecule has 0 N–H and O–H groups in total. The van der Waals surface area contributed by atoms with Crippen molar-refractivity contribution in [3.05, 3.63) is 161 Å². The van der Waals surface area contributed by atoms with E-state index >= 15 is 0 Å². The van der Waals surface area contributed by atoms with Gasteiger partial charge >= 0.3 is 0 Å². The van der Waals surface area contributed by atoms with Gasteiger partial charge in [0.25, 0.3) is 6.71 Å². The summed E-state index contributed by atoms with van der Waals surface area (Å²) in [6.45, 7) is 24.3. The van der Waals surface area contributed by atoms with Crippen molar-refractivity contribution in [2.24, 2.45) is 0 Å². The molecular weight excluding hydrogens is 826 g/mol. The van der Waals surface area contributed by atoms with Crippen molar-refractivity contribution in [3.8, 4) is 16.8 Å². The summed E-state index contributed by atoms with van der Waals surface area (Å²) in [5.41, 5.74) is 24.3. The van der Waals surface area contributed by atoms with Gasteiger partial charge in [0.1, 0.15) is 11.2 Å². The summed E-state index contributed by atoms with van der Waals surface area (Å²) >= 11 is 0. The first kappa shape index (κ1) is 40.6. The van der Waals surface area contributed by atoms with Crippen molar-refractivity contribution >= 4 is 84.4 Å². The highest BCUT2D eigenvalue weighted by Crippen LogP contribution is 2.62. The molecule has 14 rings (SSSR count). The molecule has 0 amide bonds. The molecule has 5 heterocycles. The molecule has 4 nitrogen and oxygen atoms in total. The molecule has 68 heavy (non-hydrogen) atoms. The first-order chi connectivity index (χ1) is 32.5. The Kier molecular flexibility index (Phi) is 7.76. The Balaban J connectivity index is 1.16. The van der Waals surface area contributed by atoms with Crippen LogP contribution < -0.4 is 26.2 Å². The van der Waals surface area contributed by atoms with E-state index in [1.165, 1.54) is 114 Å². The Bertz CT molecular complexity index is 3700. The number of furan rings is 1. The molecule has 1 fully saturated rings. The average Bonchev–Trinajstić information content (AvgIpc) is 4.00. The molecule has 0 saturated heterocycles. The summed E-state index contributed by atoms with van der Waals surface area (Å²) in [4.78, 5) is 5.48. The topological polar surface area (TPSA) is 24.6 Å². The highest BCUT2D eigenvalue weighted by molar-refractivity contribution is 7.00. The molecule has 2 atom stereocenters. The fourth-order valence-corrected chi connectivity index (χ4v) is 14.3. The normalized spacial score (nSPS) is 20.7. The van der Waals surface area contributed by atoms with Crippen LogP contribution in [0, 0.1) is 0 Å². The van der Waals surface area contributed by atoms with E-state index in [4.69, 9.17) is 4.42 Å². The van der Waals surface area contributed by atoms with Gasteiger partial charge in [-0.2, -0.15) is 0 Å². The maximum atomic E-state index is 6.72. The molecule has 1 saturated carbocycles. The molecule has 5 aliphatic rings. The Morgan fingerprint density at radius 1 is 0.559 bits per heavy atom. The number of benzene rings is 7. The van der Waals surface area contributed by atoms with E-state index < -0.39 is 0 Å². The van der Waals surface area contributed by atoms with Gasteiger partial charge in [0.2, 0.25) is 0 Å². The van der Waals surface area contributed by atoms with Crippen molar-refractivity contribution in [1.29, 1.82) is 0 Å². The Morgan fingerprint density at radius 3 is 2.07 bits per heavy atom. The van der Waals surface area contributed by atoms with Crippen LogP contribution in [0.2, 0.25) is 0 Å². The van der Waals surface area contributed by atoms with Crippen LogP contribution in [0.5, 0.6) is 0 Å². The van der Waals surface area contributed by atoms with Gasteiger partial charge in [-0.15, -0.1) is 0 Å². The van der Waals surface area contributed by atoms with E-state index in [-0.39, 0.29) is 33.9 Å². The van der Waals surface area contributed by atoms with Gasteiger partial charge in [-0.1, -0.05) is 166 Å². The quantitative estimate of drug-likeness (QED) is 0.162. The molecule has 336 valence electrons. The third-order valence-corrected chi connectivity index (χ3v) is 18.0. The molecular formula is C63H60BN3O. The monoisotopic (exact) mass is 885 g/mol. The SMILES string of the molecule is CC(C)(C)c1ccc2c(c1)N(c1cccc3oc4ccccc4c13)c1cc(N3c4ccc(C(C)(C)C)cc4C4(C)CCCCC34C)cc3c1B2c1cccc2c4c(n-3c12)C(C)(C)c1ccccc1-4. The highest BCUT2D eigenvalue weighted by atomic mass is 16.3. The molecule has 2 aromatic heterocycles. The zero-order valence-electron chi connectivity index (χ0n) is 41.4. The lowest BCUT2D eigenvalue weighted by Gasteiger charge is -2.51. The lowest BCUT2D eigenvalue weighted by atomic mass is 9.33. The van der Waals surface area contributed by atoms with Crippen LogP contribution in [-0.2, 0) is 21.7 Å². The number of anilines is 5. The maximum Gasteiger partial charge on any atom is 0.252 e. The Hall–Kier alpha value is -6.46. The van der Waals surface area contributed by atoms with Gasteiger partial charge in [-0.25, -0.2) is 0 Å². The van der Waals surface area contributed by atoms with Crippen LogP contribution in [0.3, 0.4) is 0 Å². The second-order valence-electron chi connectivity index (χ2n) is 24.0. The van der Waals surface area contributed by atoms with Crippen molar-refractivity contribution in [2.45, 2.75) is 122 Å². The second kappa shape index (κ2) is 13.0. The van der Waals surface area contributed by atoms with Gasteiger partial charge in [0.05, 0.1) is 16.6 Å². The van der Waals surface area contributed by atoms with Crippen LogP contribution in [0.15, 0.2) is 138 Å². The van der Waals surface area contributed by atoms with E-state index in [0.717, 1.165) is 34.0 Å². The second-order valence-corrected chi connectivity index (χ2v) is 24.0. The summed E-state index contributed by atoms with van der Waals surface area (Å²) in [6.07, 6.45) is 4.78. The number of nitrogens with zero attached hydrogens (tertiary/aromatic N) is 3. The summed E-state index contributed by atoms with van der Waals surface area (Å²) in [6, 6.07) is 51.8. The largest absolute Gasteiger partial charge is 0.456 e. The van der Waals surface area contributed by atoms with Crippen LogP contribution in [0.25, 0.3) is 49.7 Å². The number of rotatable bonds is 2. The van der Waals surface area contributed by atoms with Crippen molar-refractivity contribution < 1.29 is 4.42 Å². The first-order valence-electron chi connectivity index (χ1n) is 25.3. The predicted octanol–water partition coefficient (Wildman–Crippen LogP) is 14.8. The number of fused-ring (bicyclic) bond motifs is 15. The molecule has 5 heteroatoms. The Labute approximate surface area is 401 Å². The minimum atomic E-state index is -0.232. The van der Waals surface area contributed by atoms with Crippen molar-refractivity contribution in [2.75, 3.05) is 9.80 Å². The summed E-state index contributed by atoms with van der Waals surface area (Å²) in [5, 5.41) is 3.64. The van der Waals surface area contributed by atoms with Crippen molar-refractivity contribution in [3.63, 3.8) is 0 Å². The summed E-state index contributed by atoms with van der Waals surface area (Å²) in [7, 11) is 0. The van der Waals surface area contributed by atoms with Crippen LogP contribution in [0.1, 0.15) is 123 Å². The molecule has 2 unspecified atom stereocenters. The molecule has 0 radical (unpaired) electrons. The summed E-state index contributed by atoms with van der Waals surface area (Å²) < 4.78 is 9.47. The Morgan fingerprint density at radius 2 is 1.25 bits per heavy atom. The van der Waals surface area contributed by atoms with Gasteiger partial charge in [-0.3, -0.25) is 0 Å². The zero-order valence-corrected chi connectivity index (χ0v) is 41.4. The molecule has 3 aliphatic heterocycles. The number of aromatic nitrogens is 1. The fourth-order valence-electron chi connectivity index (χ4n) is 14.3. The van der Waals surface area contributed by atoms with Gasteiger partial charge < -0.3 is 18.8 Å². The zero-order chi connectivity index (χ0) is 46.6. The third-order valence-electron chi connectivity index (χ3n) is 18.0. The fraction of sp³-hybridized carbons (Fsp3) is 0.302. The highest BCUT2D eigenvalue weighted by Gasteiger charge is 2.58. The average molecular weight is 886 g/mol. The number of hydrogen-bond donors (Lipinski definition) is 0. The predicted molar refractivity (Wildman–Crippen MR) is 288 cm³/mol. The molecule has 2 aliphatic carbocycles. The van der Waals surface area contributed by atoms with Crippen LogP contribution >= 0.6 is 0 Å². The lowest BCUT2D eigenvalue weighted by Crippen LogP contribution is -2.61. The van der Waals surface area contributed by atoms with Crippen LogP contribution in [0.4, 0.5) is 28.4 Å². The first-order valence-corrected chi connectivity index (χ1v) is 25.3. The van der Waals surface area contributed by atoms with Gasteiger partial charge in [0, 0.05) is 66.8 Å². The van der Waals surface area contributed by atoms with E-state index in [2.05, 4.69) is 217 Å². The standard InChI is InChI=1S/C63H60BN3O/c1-59(2,3)37-28-30-47-44(33-37)62(9)31-15-16-32-63(62,10)67(47)39-35-50-56-51(36-39)66-57-42(54-40-19-11-13-22-43(40)61(7,8)58(54)66)21-17-23-46(57)64(56)45-29-27-38(60(4,5)6)34-49(45)65(50)48-24-18-26-53-55(48)41-20-12-14-25-52(41)68-53/h11-14,17-30,33-36H,15-16,31-32H2,1-10H3. The maximum absolute atomic E-state index is 6.72. The minimum Gasteiger partial charge on any atom is -0.456 e.